The summed E-state index contributed by atoms with van der Waals surface area (Å²) in [5.74, 6) is -1.43. The van der Waals surface area contributed by atoms with Gasteiger partial charge in [-0.2, -0.15) is 0 Å². The number of rotatable bonds is 10. The number of carboxylic acids is 1. The van der Waals surface area contributed by atoms with Gasteiger partial charge in [0.2, 0.25) is 0 Å². The van der Waals surface area contributed by atoms with E-state index < -0.39 is 29.2 Å². The number of aromatic nitrogens is 1. The molecular weight excluding hydrogens is 650 g/mol. The van der Waals surface area contributed by atoms with Gasteiger partial charge in [0.15, 0.2) is 27.8 Å². The normalized spacial score (nSPS) is 18.0. The van der Waals surface area contributed by atoms with Crippen molar-refractivity contribution >= 4 is 84.9 Å². The van der Waals surface area contributed by atoms with Gasteiger partial charge in [0, 0.05) is 39.1 Å². The summed E-state index contributed by atoms with van der Waals surface area (Å²) in [6, 6.07) is 3.83. The number of benzene rings is 1. The van der Waals surface area contributed by atoms with Crippen LogP contribution >= 0.6 is 46.2 Å². The minimum absolute atomic E-state index is 0. The molecule has 0 saturated carbocycles. The molecule has 1 fully saturated rings. The number of oxime groups is 1. The number of amides is 2. The van der Waals surface area contributed by atoms with Gasteiger partial charge < -0.3 is 35.3 Å². The third-order valence-corrected chi connectivity index (χ3v) is 10.7. The Balaban J connectivity index is 0.00000423. The van der Waals surface area contributed by atoms with Crippen molar-refractivity contribution in [1.29, 1.82) is 0 Å². The Morgan fingerprint density at radius 1 is 1.21 bits per heavy atom. The third-order valence-electron chi connectivity index (χ3n) is 6.29. The summed E-state index contributed by atoms with van der Waals surface area (Å²) in [6.45, 7) is 0. The number of carboxylic acid groups (broad SMARTS) is 1. The van der Waals surface area contributed by atoms with Crippen LogP contribution in [0.5, 0.6) is 11.5 Å². The van der Waals surface area contributed by atoms with Gasteiger partial charge in [0.05, 0.1) is 30.1 Å². The molecule has 2 aliphatic heterocycles. The summed E-state index contributed by atoms with van der Waals surface area (Å²) >= 11 is 5.04. The second kappa shape index (κ2) is 13.9. The fraction of sp³-hybridized carbons (Fsp3) is 0.280. The first-order valence-corrected chi connectivity index (χ1v) is 15.7. The SMILES string of the molecule is CO/N=C(\C(=O)N[C@@H]1C(=O)N2C(C(=O)[O-])=C(CSc3cc(=O)c4cc(OC)c(OC)cc4s3)CS[C@H]12)c1csc(N)n1.[Na+]. The number of methoxy groups -OCH3 is 2. The quantitative estimate of drug-likeness (QED) is 0.0786. The van der Waals surface area contributed by atoms with Crippen molar-refractivity contribution < 1.29 is 63.4 Å². The van der Waals surface area contributed by atoms with E-state index in [2.05, 4.69) is 15.5 Å². The molecule has 18 heteroatoms. The molecule has 1 saturated heterocycles. The Bertz CT molecular complexity index is 1730. The summed E-state index contributed by atoms with van der Waals surface area (Å²) in [5.41, 5.74) is 5.68. The number of β-lactam (4-membered cyclic amide) rings is 1. The maximum Gasteiger partial charge on any atom is 1.00 e. The van der Waals surface area contributed by atoms with E-state index in [1.54, 1.807) is 12.1 Å². The number of ether oxygens (including phenoxy) is 2. The van der Waals surface area contributed by atoms with Crippen LogP contribution < -0.4 is 60.6 Å². The molecule has 0 spiro atoms. The molecule has 2 aliphatic rings. The van der Waals surface area contributed by atoms with Gasteiger partial charge in [-0.1, -0.05) is 5.16 Å². The molecule has 3 aromatic rings. The minimum atomic E-state index is -1.50. The molecule has 0 aliphatic carbocycles. The number of nitrogens with zero attached hydrogens (tertiary/aromatic N) is 3. The number of thiazole rings is 1. The van der Waals surface area contributed by atoms with Gasteiger partial charge in [0.1, 0.15) is 24.2 Å². The molecule has 0 bridgehead atoms. The number of hydrogen-bond acceptors (Lipinski definition) is 15. The second-order valence-corrected chi connectivity index (χ2v) is 13.1. The zero-order valence-electron chi connectivity index (χ0n) is 23.2. The Morgan fingerprint density at radius 2 is 1.93 bits per heavy atom. The average Bonchev–Trinajstić information content (AvgIpc) is 3.41. The molecule has 13 nitrogen and oxygen atoms in total. The van der Waals surface area contributed by atoms with Crippen LogP contribution in [0.25, 0.3) is 10.1 Å². The van der Waals surface area contributed by atoms with Gasteiger partial charge in [-0.15, -0.1) is 46.2 Å². The predicted octanol–water partition coefficient (Wildman–Crippen LogP) is -2.13. The monoisotopic (exact) mass is 671 g/mol. The molecule has 2 aromatic heterocycles. The van der Waals surface area contributed by atoms with Crippen molar-refractivity contribution in [3.8, 4) is 11.5 Å². The van der Waals surface area contributed by atoms with Crippen LogP contribution in [0.15, 0.2) is 49.0 Å². The Labute approximate surface area is 283 Å². The number of nitrogens with one attached hydrogen (secondary N) is 1. The third kappa shape index (κ3) is 6.52. The summed E-state index contributed by atoms with van der Waals surface area (Å²) in [5, 5.41) is 20.1. The van der Waals surface area contributed by atoms with E-state index in [9.17, 15) is 24.3 Å². The van der Waals surface area contributed by atoms with Crippen molar-refractivity contribution in [1.82, 2.24) is 15.2 Å². The number of carbonyl (C=O) groups excluding carboxylic acids is 3. The van der Waals surface area contributed by atoms with Crippen LogP contribution in [0.1, 0.15) is 5.69 Å². The van der Waals surface area contributed by atoms with E-state index in [4.69, 9.17) is 20.0 Å². The van der Waals surface area contributed by atoms with Crippen LogP contribution in [-0.4, -0.2) is 77.6 Å². The number of aliphatic carboxylic acids is 1. The Morgan fingerprint density at radius 3 is 2.56 bits per heavy atom. The number of fused-ring (bicyclic) bond motifs is 2. The largest absolute Gasteiger partial charge is 1.00 e. The first kappa shape index (κ1) is 33.1. The zero-order chi connectivity index (χ0) is 30.1. The molecular formula is C25H22N5NaO8S4. The minimum Gasteiger partial charge on any atom is -0.543 e. The molecule has 4 heterocycles. The van der Waals surface area contributed by atoms with Crippen LogP contribution in [-0.2, 0) is 19.2 Å². The number of thioether (sulfide) groups is 2. The molecule has 0 radical (unpaired) electrons. The molecule has 5 rings (SSSR count). The van der Waals surface area contributed by atoms with E-state index in [0.29, 0.717) is 31.4 Å². The molecule has 2 amide bonds. The number of hydrogen-bond donors (Lipinski definition) is 2. The van der Waals surface area contributed by atoms with Crippen LogP contribution in [0.2, 0.25) is 0 Å². The fourth-order valence-electron chi connectivity index (χ4n) is 4.37. The van der Waals surface area contributed by atoms with Gasteiger partial charge in [-0.3, -0.25) is 19.3 Å². The second-order valence-electron chi connectivity index (χ2n) is 8.72. The molecule has 3 N–H and O–H groups in total. The summed E-state index contributed by atoms with van der Waals surface area (Å²) in [7, 11) is 4.25. The number of nitrogen functional groups attached to an aromatic ring is 1. The van der Waals surface area contributed by atoms with Gasteiger partial charge in [0.25, 0.3) is 11.8 Å². The Hall–Kier alpha value is -2.80. The Kier molecular flexibility index (Phi) is 10.7. The number of carbonyl (C=O) groups is 3. The van der Waals surface area contributed by atoms with Crippen LogP contribution in [0.3, 0.4) is 0 Å². The van der Waals surface area contributed by atoms with E-state index in [1.165, 1.54) is 67.6 Å². The van der Waals surface area contributed by atoms with E-state index in [-0.39, 0.29) is 68.7 Å². The molecule has 220 valence electrons. The smallest absolute Gasteiger partial charge is 0.543 e. The van der Waals surface area contributed by atoms with E-state index in [0.717, 1.165) is 16.2 Å². The zero-order valence-corrected chi connectivity index (χ0v) is 28.5. The average molecular weight is 672 g/mol. The molecule has 2 atom stereocenters. The summed E-state index contributed by atoms with van der Waals surface area (Å²) in [4.78, 5) is 60.9. The first-order valence-electron chi connectivity index (χ1n) is 12.0. The first-order chi connectivity index (χ1) is 20.2. The molecule has 43 heavy (non-hydrogen) atoms. The maximum atomic E-state index is 13.1. The van der Waals surface area contributed by atoms with Crippen molar-refractivity contribution in [2.45, 2.75) is 15.6 Å². The standard InChI is InChI=1S/C25H23N5O8S4.Na/c1-36-14-4-11-13(31)5-17(42-16(11)6-15(14)37-2)39-7-10-8-40-23-19(22(33)30(23)20(10)24(34)35)28-21(32)18(29-38-3)12-9-41-25(26)27-12;/h4-6,9,19,23H,7-8H2,1-3H3,(H2,26,27)(H,28,32)(H,34,35);/q;+1/p-1/b29-18-;/t19-,23-;/m1./s1. The predicted molar refractivity (Wildman–Crippen MR) is 159 cm³/mol. The van der Waals surface area contributed by atoms with Crippen molar-refractivity contribution in [3.63, 3.8) is 0 Å². The van der Waals surface area contributed by atoms with Crippen molar-refractivity contribution in [3.05, 3.63) is 50.8 Å². The van der Waals surface area contributed by atoms with Gasteiger partial charge in [-0.25, -0.2) is 4.98 Å². The van der Waals surface area contributed by atoms with E-state index >= 15 is 0 Å². The van der Waals surface area contributed by atoms with Gasteiger partial charge in [-0.05, 0) is 11.6 Å². The number of nitrogens with two attached hydrogens (primary N) is 1. The molecule has 0 unspecified atom stereocenters. The van der Waals surface area contributed by atoms with Crippen molar-refractivity contribution in [2.75, 3.05) is 38.6 Å². The van der Waals surface area contributed by atoms with Crippen LogP contribution in [0.4, 0.5) is 5.13 Å². The fourth-order valence-corrected chi connectivity index (χ4v) is 8.64. The number of anilines is 1. The summed E-state index contributed by atoms with van der Waals surface area (Å²) < 4.78 is 12.0. The maximum absolute atomic E-state index is 13.1. The van der Waals surface area contributed by atoms with Crippen LogP contribution in [0, 0.1) is 0 Å². The summed E-state index contributed by atoms with van der Waals surface area (Å²) in [6.07, 6.45) is 0. The van der Waals surface area contributed by atoms with E-state index in [1.807, 2.05) is 0 Å². The topological polar surface area (TPSA) is 186 Å². The van der Waals surface area contributed by atoms with Crippen molar-refractivity contribution in [2.24, 2.45) is 5.16 Å². The van der Waals surface area contributed by atoms with Gasteiger partial charge >= 0.3 is 29.6 Å². The molecule has 1 aromatic carbocycles.